The van der Waals surface area contributed by atoms with Crippen molar-refractivity contribution in [3.8, 4) is 0 Å². The lowest BCUT2D eigenvalue weighted by atomic mass is 10.2. The van der Waals surface area contributed by atoms with Crippen LogP contribution in [0, 0.1) is 0 Å². The Hall–Kier alpha value is -1.76. The van der Waals surface area contributed by atoms with Crippen LogP contribution in [0.3, 0.4) is 0 Å². The zero-order chi connectivity index (χ0) is 15.3. The van der Waals surface area contributed by atoms with E-state index in [1.54, 1.807) is 26.8 Å². The number of hydrogen-bond donors (Lipinski definition) is 2. The summed E-state index contributed by atoms with van der Waals surface area (Å²) >= 11 is 1.35. The molecule has 1 amide bonds. The van der Waals surface area contributed by atoms with Gasteiger partial charge in [-0.15, -0.1) is 11.8 Å². The molecular formula is C13H18N2O4S. The van der Waals surface area contributed by atoms with Crippen molar-refractivity contribution in [1.82, 2.24) is 4.98 Å². The number of carbonyl (C=O) groups excluding carboxylic acids is 1. The highest BCUT2D eigenvalue weighted by Gasteiger charge is 2.18. The predicted molar refractivity (Wildman–Crippen MR) is 77.5 cm³/mol. The van der Waals surface area contributed by atoms with E-state index in [0.717, 1.165) is 0 Å². The molecule has 0 aliphatic heterocycles. The second-order valence-electron chi connectivity index (χ2n) is 4.94. The lowest BCUT2D eigenvalue weighted by Gasteiger charge is -2.19. The molecule has 6 nitrogen and oxygen atoms in total. The van der Waals surface area contributed by atoms with Crippen LogP contribution in [-0.4, -0.2) is 33.5 Å². The lowest BCUT2D eigenvalue weighted by Crippen LogP contribution is -2.27. The molecule has 1 aromatic heterocycles. The Morgan fingerprint density at radius 3 is 2.60 bits per heavy atom. The van der Waals surface area contributed by atoms with Gasteiger partial charge in [-0.2, -0.15) is 0 Å². The quantitative estimate of drug-likeness (QED) is 0.830. The number of hydrogen-bond acceptors (Lipinski definition) is 5. The molecule has 2 N–H and O–H groups in total. The van der Waals surface area contributed by atoms with Gasteiger partial charge in [-0.1, -0.05) is 6.92 Å². The number of carboxylic acids is 1. The molecule has 1 aromatic rings. The molecule has 0 saturated heterocycles. The van der Waals surface area contributed by atoms with E-state index < -0.39 is 17.7 Å². The van der Waals surface area contributed by atoms with Gasteiger partial charge in [-0.05, 0) is 32.6 Å². The van der Waals surface area contributed by atoms with Crippen LogP contribution in [0.2, 0.25) is 0 Å². The molecule has 0 saturated carbocycles. The molecule has 1 rings (SSSR count). The maximum Gasteiger partial charge on any atom is 0.412 e. The van der Waals surface area contributed by atoms with Crippen LogP contribution in [0.5, 0.6) is 0 Å². The van der Waals surface area contributed by atoms with Crippen molar-refractivity contribution < 1.29 is 19.4 Å². The van der Waals surface area contributed by atoms with Crippen molar-refractivity contribution in [2.75, 3.05) is 11.1 Å². The van der Waals surface area contributed by atoms with Gasteiger partial charge >= 0.3 is 12.1 Å². The second-order valence-corrected chi connectivity index (χ2v) is 6.24. The van der Waals surface area contributed by atoms with E-state index in [0.29, 0.717) is 16.3 Å². The standard InChI is InChI=1S/C13H18N2O4S/c1-5-20-9-6-8(7-14-10(9)11(16)17)15-12(18)19-13(2,3)4/h6-7H,5H2,1-4H3,(H,15,18)(H,16,17). The Labute approximate surface area is 121 Å². The maximum absolute atomic E-state index is 11.6. The smallest absolute Gasteiger partial charge is 0.412 e. The molecule has 0 fully saturated rings. The van der Waals surface area contributed by atoms with E-state index in [9.17, 15) is 9.59 Å². The zero-order valence-corrected chi connectivity index (χ0v) is 12.7. The number of carbonyl (C=O) groups is 2. The molecule has 7 heteroatoms. The zero-order valence-electron chi connectivity index (χ0n) is 11.9. The summed E-state index contributed by atoms with van der Waals surface area (Å²) in [5, 5.41) is 11.6. The van der Waals surface area contributed by atoms with E-state index in [1.807, 2.05) is 6.92 Å². The summed E-state index contributed by atoms with van der Waals surface area (Å²) in [5.74, 6) is -0.387. The van der Waals surface area contributed by atoms with Gasteiger partial charge in [0, 0.05) is 4.90 Å². The van der Waals surface area contributed by atoms with Crippen molar-refractivity contribution in [2.24, 2.45) is 0 Å². The molecule has 20 heavy (non-hydrogen) atoms. The molecule has 1 heterocycles. The fourth-order valence-corrected chi connectivity index (χ4v) is 2.16. The molecule has 0 aliphatic rings. The monoisotopic (exact) mass is 298 g/mol. The van der Waals surface area contributed by atoms with Crippen LogP contribution in [0.4, 0.5) is 10.5 Å². The van der Waals surface area contributed by atoms with Gasteiger partial charge in [0.15, 0.2) is 5.69 Å². The number of anilines is 1. The van der Waals surface area contributed by atoms with Crippen LogP contribution in [0.1, 0.15) is 38.2 Å². The minimum Gasteiger partial charge on any atom is -0.476 e. The summed E-state index contributed by atoms with van der Waals surface area (Å²) in [6, 6.07) is 1.58. The number of aromatic carboxylic acids is 1. The van der Waals surface area contributed by atoms with Crippen molar-refractivity contribution >= 4 is 29.5 Å². The summed E-state index contributed by atoms with van der Waals surface area (Å²) in [7, 11) is 0. The largest absolute Gasteiger partial charge is 0.476 e. The summed E-state index contributed by atoms with van der Waals surface area (Å²) in [4.78, 5) is 27.0. The number of amides is 1. The van der Waals surface area contributed by atoms with Gasteiger partial charge < -0.3 is 9.84 Å². The number of thioether (sulfide) groups is 1. The molecule has 0 bridgehead atoms. The number of aromatic nitrogens is 1. The first-order valence-corrected chi connectivity index (χ1v) is 7.07. The van der Waals surface area contributed by atoms with Gasteiger partial charge in [0.2, 0.25) is 0 Å². The molecule has 0 atom stereocenters. The minimum absolute atomic E-state index is 0.0217. The van der Waals surface area contributed by atoms with Crippen molar-refractivity contribution in [1.29, 1.82) is 0 Å². The highest BCUT2D eigenvalue weighted by Crippen LogP contribution is 2.24. The van der Waals surface area contributed by atoms with Crippen LogP contribution >= 0.6 is 11.8 Å². The van der Waals surface area contributed by atoms with Crippen molar-refractivity contribution in [3.05, 3.63) is 18.0 Å². The third-order valence-electron chi connectivity index (χ3n) is 2.00. The van der Waals surface area contributed by atoms with Gasteiger partial charge in [0.05, 0.1) is 11.9 Å². The number of rotatable bonds is 4. The van der Waals surface area contributed by atoms with E-state index >= 15 is 0 Å². The number of nitrogens with zero attached hydrogens (tertiary/aromatic N) is 1. The number of nitrogens with one attached hydrogen (secondary N) is 1. The van der Waals surface area contributed by atoms with Crippen molar-refractivity contribution in [2.45, 2.75) is 38.2 Å². The van der Waals surface area contributed by atoms with Crippen LogP contribution in [-0.2, 0) is 4.74 Å². The first-order chi connectivity index (χ1) is 9.23. The first kappa shape index (κ1) is 16.3. The summed E-state index contributed by atoms with van der Waals surface area (Å²) in [6.07, 6.45) is 0.697. The molecule has 0 aromatic carbocycles. The minimum atomic E-state index is -1.09. The molecule has 0 unspecified atom stereocenters. The molecule has 0 radical (unpaired) electrons. The third kappa shape index (κ3) is 5.08. The first-order valence-electron chi connectivity index (χ1n) is 6.09. The van der Waals surface area contributed by atoms with Crippen molar-refractivity contribution in [3.63, 3.8) is 0 Å². The van der Waals surface area contributed by atoms with Gasteiger partial charge in [-0.3, -0.25) is 5.32 Å². The van der Waals surface area contributed by atoms with Gasteiger partial charge in [0.25, 0.3) is 0 Å². The molecular weight excluding hydrogens is 280 g/mol. The lowest BCUT2D eigenvalue weighted by molar-refractivity contribution is 0.0634. The average molecular weight is 298 g/mol. The fourth-order valence-electron chi connectivity index (χ4n) is 1.36. The topological polar surface area (TPSA) is 88.5 Å². The van der Waals surface area contributed by atoms with E-state index in [4.69, 9.17) is 9.84 Å². The number of ether oxygens (including phenoxy) is 1. The highest BCUT2D eigenvalue weighted by atomic mass is 32.2. The Balaban J connectivity index is 2.89. The van der Waals surface area contributed by atoms with E-state index in [1.165, 1.54) is 18.0 Å². The molecule has 110 valence electrons. The van der Waals surface area contributed by atoms with Gasteiger partial charge in [0.1, 0.15) is 5.60 Å². The van der Waals surface area contributed by atoms with Crippen LogP contribution in [0.15, 0.2) is 17.2 Å². The normalized spacial score (nSPS) is 11.0. The number of carboxylic acid groups (broad SMARTS) is 1. The van der Waals surface area contributed by atoms with E-state index in [2.05, 4.69) is 10.3 Å². The Kier molecular flexibility index (Phi) is 5.38. The Morgan fingerprint density at radius 2 is 2.10 bits per heavy atom. The van der Waals surface area contributed by atoms with E-state index in [-0.39, 0.29) is 5.69 Å². The highest BCUT2D eigenvalue weighted by molar-refractivity contribution is 7.99. The number of pyridine rings is 1. The fraction of sp³-hybridized carbons (Fsp3) is 0.462. The summed E-state index contributed by atoms with van der Waals surface area (Å²) in [6.45, 7) is 7.19. The Morgan fingerprint density at radius 1 is 1.45 bits per heavy atom. The molecule has 0 spiro atoms. The SMILES string of the molecule is CCSc1cc(NC(=O)OC(C)(C)C)cnc1C(=O)O. The summed E-state index contributed by atoms with van der Waals surface area (Å²) < 4.78 is 5.12. The second kappa shape index (κ2) is 6.60. The third-order valence-corrected chi connectivity index (χ3v) is 2.91. The summed E-state index contributed by atoms with van der Waals surface area (Å²) in [5.41, 5.74) is -0.216. The van der Waals surface area contributed by atoms with Crippen LogP contribution in [0.25, 0.3) is 0 Å². The maximum atomic E-state index is 11.6. The van der Waals surface area contributed by atoms with Crippen LogP contribution < -0.4 is 5.32 Å². The van der Waals surface area contributed by atoms with Gasteiger partial charge in [-0.25, -0.2) is 14.6 Å². The molecule has 0 aliphatic carbocycles. The average Bonchev–Trinajstić information content (AvgIpc) is 2.26. The predicted octanol–water partition coefficient (Wildman–Crippen LogP) is 3.24. The Bertz CT molecular complexity index is 512.